The monoisotopic (exact) mass is 484 g/mol. The van der Waals surface area contributed by atoms with Gasteiger partial charge in [-0.1, -0.05) is 12.1 Å². The van der Waals surface area contributed by atoms with E-state index in [0.717, 1.165) is 50.0 Å². The highest BCUT2D eigenvalue weighted by Crippen LogP contribution is 2.17. The van der Waals surface area contributed by atoms with E-state index in [0.29, 0.717) is 17.8 Å². The summed E-state index contributed by atoms with van der Waals surface area (Å²) < 4.78 is 21.4. The van der Waals surface area contributed by atoms with Crippen LogP contribution in [-0.2, 0) is 24.2 Å². The van der Waals surface area contributed by atoms with Crippen molar-refractivity contribution in [3.8, 4) is 0 Å². The molecule has 0 radical (unpaired) electrons. The van der Waals surface area contributed by atoms with Gasteiger partial charge in [-0.25, -0.2) is 9.37 Å². The molecule has 0 atom stereocenters. The predicted octanol–water partition coefficient (Wildman–Crippen LogP) is 3.00. The Morgan fingerprint density at radius 1 is 1.24 bits per heavy atom. The van der Waals surface area contributed by atoms with E-state index in [2.05, 4.69) is 15.2 Å². The van der Waals surface area contributed by atoms with E-state index < -0.39 is 5.91 Å². The number of rotatable bonds is 9. The van der Waals surface area contributed by atoms with Crippen molar-refractivity contribution >= 4 is 17.2 Å². The maximum Gasteiger partial charge on any atom is 0.257 e. The normalized spacial score (nSPS) is 14.3. The maximum absolute atomic E-state index is 13.9. The SMILES string of the molecule is Cc1cc(=O)c(C(=O)NCc2nccs2)c(Cc2cccc(F)c2)n1CCCN1CCOCC1. The number of nitrogens with one attached hydrogen (secondary N) is 1. The Hall–Kier alpha value is -2.88. The van der Waals surface area contributed by atoms with Gasteiger partial charge in [0.05, 0.1) is 19.8 Å². The maximum atomic E-state index is 13.9. The fourth-order valence-electron chi connectivity index (χ4n) is 4.27. The Labute approximate surface area is 202 Å². The van der Waals surface area contributed by atoms with E-state index in [9.17, 15) is 14.0 Å². The molecule has 0 aliphatic carbocycles. The van der Waals surface area contributed by atoms with Crippen LogP contribution in [0.15, 0.2) is 46.7 Å². The molecule has 3 aromatic rings. The number of nitrogens with zero attached hydrogens (tertiary/aromatic N) is 3. The zero-order valence-corrected chi connectivity index (χ0v) is 20.1. The highest BCUT2D eigenvalue weighted by molar-refractivity contribution is 7.09. The fraction of sp³-hybridized carbons (Fsp3) is 0.400. The fourth-order valence-corrected chi connectivity index (χ4v) is 4.83. The van der Waals surface area contributed by atoms with Crippen LogP contribution in [0.3, 0.4) is 0 Å². The number of morpholine rings is 1. The van der Waals surface area contributed by atoms with Crippen LogP contribution in [-0.4, -0.2) is 53.2 Å². The van der Waals surface area contributed by atoms with Crippen LogP contribution in [0.2, 0.25) is 0 Å². The van der Waals surface area contributed by atoms with Gasteiger partial charge in [-0.2, -0.15) is 0 Å². The van der Waals surface area contributed by atoms with Gasteiger partial charge in [0.25, 0.3) is 5.91 Å². The van der Waals surface area contributed by atoms with E-state index in [4.69, 9.17) is 4.74 Å². The smallest absolute Gasteiger partial charge is 0.257 e. The van der Waals surface area contributed by atoms with Gasteiger partial charge < -0.3 is 14.6 Å². The number of carbonyl (C=O) groups excluding carboxylic acids is 1. The van der Waals surface area contributed by atoms with Crippen LogP contribution in [0.5, 0.6) is 0 Å². The van der Waals surface area contributed by atoms with Gasteiger partial charge in [-0.15, -0.1) is 11.3 Å². The van der Waals surface area contributed by atoms with Crippen LogP contribution in [0.25, 0.3) is 0 Å². The van der Waals surface area contributed by atoms with Crippen molar-refractivity contribution in [3.63, 3.8) is 0 Å². The summed E-state index contributed by atoms with van der Waals surface area (Å²) in [6.45, 7) is 6.98. The first-order valence-corrected chi connectivity index (χ1v) is 12.3. The lowest BCUT2D eigenvalue weighted by Crippen LogP contribution is -2.37. The van der Waals surface area contributed by atoms with Gasteiger partial charge in [0.15, 0.2) is 5.43 Å². The lowest BCUT2D eigenvalue weighted by atomic mass is 10.0. The van der Waals surface area contributed by atoms with Crippen molar-refractivity contribution in [1.29, 1.82) is 0 Å². The van der Waals surface area contributed by atoms with Crippen molar-refractivity contribution in [2.75, 3.05) is 32.8 Å². The van der Waals surface area contributed by atoms with Crippen LogP contribution >= 0.6 is 11.3 Å². The summed E-state index contributed by atoms with van der Waals surface area (Å²) in [5.41, 5.74) is 1.88. The Balaban J connectivity index is 1.62. The molecule has 9 heteroatoms. The minimum Gasteiger partial charge on any atom is -0.379 e. The van der Waals surface area contributed by atoms with Crippen LogP contribution in [0.1, 0.15) is 38.7 Å². The third kappa shape index (κ3) is 6.16. The molecule has 1 amide bonds. The molecular weight excluding hydrogens is 455 g/mol. The van der Waals surface area contributed by atoms with Crippen LogP contribution < -0.4 is 10.7 Å². The highest BCUT2D eigenvalue weighted by Gasteiger charge is 2.21. The molecule has 1 aliphatic rings. The van der Waals surface area contributed by atoms with Gasteiger partial charge in [-0.3, -0.25) is 14.5 Å². The quantitative estimate of drug-likeness (QED) is 0.505. The lowest BCUT2D eigenvalue weighted by molar-refractivity contribution is 0.0369. The van der Waals surface area contributed by atoms with Crippen molar-refractivity contribution in [1.82, 2.24) is 19.8 Å². The topological polar surface area (TPSA) is 76.5 Å². The number of pyridine rings is 1. The van der Waals surface area contributed by atoms with Gasteiger partial charge in [-0.05, 0) is 31.0 Å². The molecule has 0 bridgehead atoms. The molecule has 1 aromatic carbocycles. The summed E-state index contributed by atoms with van der Waals surface area (Å²) in [5.74, 6) is -0.783. The number of aryl methyl sites for hydroxylation is 1. The van der Waals surface area contributed by atoms with Crippen LogP contribution in [0.4, 0.5) is 4.39 Å². The number of aromatic nitrogens is 2. The molecule has 4 rings (SSSR count). The summed E-state index contributed by atoms with van der Waals surface area (Å²) in [5, 5.41) is 5.43. The van der Waals surface area contributed by atoms with Gasteiger partial charge in [0.1, 0.15) is 16.4 Å². The second kappa shape index (κ2) is 11.5. The molecule has 3 heterocycles. The Morgan fingerprint density at radius 3 is 2.79 bits per heavy atom. The van der Waals surface area contributed by atoms with Crippen LogP contribution in [0, 0.1) is 12.7 Å². The second-order valence-electron chi connectivity index (χ2n) is 8.35. The summed E-state index contributed by atoms with van der Waals surface area (Å²) in [6, 6.07) is 7.80. The molecule has 180 valence electrons. The van der Waals surface area contributed by atoms with Crippen molar-refractivity contribution < 1.29 is 13.9 Å². The Morgan fingerprint density at radius 2 is 2.06 bits per heavy atom. The largest absolute Gasteiger partial charge is 0.379 e. The molecule has 7 nitrogen and oxygen atoms in total. The average Bonchev–Trinajstić information content (AvgIpc) is 3.34. The number of hydrogen-bond donors (Lipinski definition) is 1. The molecular formula is C25H29FN4O3S. The number of ether oxygens (including phenoxy) is 1. The Kier molecular flexibility index (Phi) is 8.21. The summed E-state index contributed by atoms with van der Waals surface area (Å²) in [4.78, 5) is 32.7. The summed E-state index contributed by atoms with van der Waals surface area (Å²) in [7, 11) is 0. The van der Waals surface area contributed by atoms with E-state index >= 15 is 0 Å². The van der Waals surface area contributed by atoms with Gasteiger partial charge in [0.2, 0.25) is 0 Å². The first-order chi connectivity index (χ1) is 16.5. The first kappa shape index (κ1) is 24.3. The Bertz CT molecular complexity index is 1170. The van der Waals surface area contributed by atoms with Gasteiger partial charge >= 0.3 is 0 Å². The lowest BCUT2D eigenvalue weighted by Gasteiger charge is -2.27. The predicted molar refractivity (Wildman–Crippen MR) is 130 cm³/mol. The van der Waals surface area contributed by atoms with E-state index in [-0.39, 0.29) is 29.8 Å². The average molecular weight is 485 g/mol. The zero-order valence-electron chi connectivity index (χ0n) is 19.3. The standard InChI is InChI=1S/C25H29FN4O3S/c1-18-14-22(31)24(25(32)28-17-23-27-6-13-34-23)21(16-19-4-2-5-20(26)15-19)30(18)8-3-7-29-9-11-33-12-10-29/h2,4-6,13-15H,3,7-12,16-17H2,1H3,(H,28,32). The summed E-state index contributed by atoms with van der Waals surface area (Å²) in [6.07, 6.45) is 2.82. The van der Waals surface area contributed by atoms with Crippen molar-refractivity contribution in [3.05, 3.63) is 85.5 Å². The van der Waals surface area contributed by atoms with Gasteiger partial charge in [0, 0.05) is 61.6 Å². The number of halogens is 1. The first-order valence-electron chi connectivity index (χ1n) is 11.5. The van der Waals surface area contributed by atoms with E-state index in [1.165, 1.54) is 29.5 Å². The number of thiazole rings is 1. The third-order valence-corrected chi connectivity index (χ3v) is 6.74. The number of carbonyl (C=O) groups is 1. The second-order valence-corrected chi connectivity index (χ2v) is 9.33. The molecule has 1 N–H and O–H groups in total. The third-order valence-electron chi connectivity index (χ3n) is 5.96. The van der Waals surface area contributed by atoms with E-state index in [1.807, 2.05) is 22.9 Å². The highest BCUT2D eigenvalue weighted by atomic mass is 32.1. The molecule has 1 fully saturated rings. The molecule has 1 saturated heterocycles. The molecule has 34 heavy (non-hydrogen) atoms. The number of amides is 1. The molecule has 0 spiro atoms. The number of benzene rings is 1. The van der Waals surface area contributed by atoms with Crippen molar-refractivity contribution in [2.45, 2.75) is 32.9 Å². The molecule has 1 aliphatic heterocycles. The molecule has 2 aromatic heterocycles. The zero-order chi connectivity index (χ0) is 23.9. The summed E-state index contributed by atoms with van der Waals surface area (Å²) >= 11 is 1.44. The molecule has 0 saturated carbocycles. The van der Waals surface area contributed by atoms with Crippen molar-refractivity contribution in [2.24, 2.45) is 0 Å². The minimum absolute atomic E-state index is 0.109. The number of hydrogen-bond acceptors (Lipinski definition) is 6. The molecule has 0 unspecified atom stereocenters. The minimum atomic E-state index is -0.437. The van der Waals surface area contributed by atoms with E-state index in [1.54, 1.807) is 12.3 Å².